The molecule has 4 rings (SSSR count). The van der Waals surface area contributed by atoms with E-state index < -0.39 is 24.0 Å². The standard InChI is InChI=1S/C24H24N4O6/c1-28(12-21-25-14-26-34-21)23(31)20(10-11-22(29)30)27-24(32)33-13-19-17-8-4-2-6-15(17)16-7-3-5-9-18(16)19/h2-9,14,19-20H,10-13H2,1H3,(H,27,32)(H,29,30). The zero-order valence-corrected chi connectivity index (χ0v) is 18.5. The van der Waals surface area contributed by atoms with Gasteiger partial charge in [0.15, 0.2) is 6.33 Å². The van der Waals surface area contributed by atoms with E-state index in [-0.39, 0.29) is 37.8 Å². The third-order valence-corrected chi connectivity index (χ3v) is 5.74. The Kier molecular flexibility index (Phi) is 6.86. The van der Waals surface area contributed by atoms with Crippen LogP contribution in [0.4, 0.5) is 4.79 Å². The second-order valence-electron chi connectivity index (χ2n) is 7.98. The third kappa shape index (κ3) is 5.06. The normalized spacial score (nSPS) is 13.0. The first-order valence-electron chi connectivity index (χ1n) is 10.8. The van der Waals surface area contributed by atoms with E-state index in [9.17, 15) is 14.4 Å². The molecule has 1 atom stereocenters. The lowest BCUT2D eigenvalue weighted by Crippen LogP contribution is -2.47. The first-order chi connectivity index (χ1) is 16.4. The largest absolute Gasteiger partial charge is 0.481 e. The van der Waals surface area contributed by atoms with Crippen LogP contribution in [0.5, 0.6) is 0 Å². The summed E-state index contributed by atoms with van der Waals surface area (Å²) in [6.45, 7) is 0.103. The average Bonchev–Trinajstić information content (AvgIpc) is 3.46. The number of ether oxygens (including phenoxy) is 1. The predicted molar refractivity (Wildman–Crippen MR) is 120 cm³/mol. The third-order valence-electron chi connectivity index (χ3n) is 5.74. The summed E-state index contributed by atoms with van der Waals surface area (Å²) in [5, 5.41) is 15.1. The lowest BCUT2D eigenvalue weighted by Gasteiger charge is -2.23. The van der Waals surface area contributed by atoms with Crippen LogP contribution in [0.2, 0.25) is 0 Å². The van der Waals surface area contributed by atoms with Crippen LogP contribution in [0.25, 0.3) is 11.1 Å². The first-order valence-corrected chi connectivity index (χ1v) is 10.8. The van der Waals surface area contributed by atoms with Crippen molar-refractivity contribution in [3.8, 4) is 11.1 Å². The van der Waals surface area contributed by atoms with Gasteiger partial charge in [-0.2, -0.15) is 4.98 Å². The lowest BCUT2D eigenvalue weighted by atomic mass is 9.98. The van der Waals surface area contributed by atoms with Crippen molar-refractivity contribution in [2.24, 2.45) is 0 Å². The highest BCUT2D eigenvalue weighted by Crippen LogP contribution is 2.44. The highest BCUT2D eigenvalue weighted by molar-refractivity contribution is 5.86. The van der Waals surface area contributed by atoms with Crippen molar-refractivity contribution in [2.75, 3.05) is 13.7 Å². The van der Waals surface area contributed by atoms with Gasteiger partial charge < -0.3 is 24.6 Å². The van der Waals surface area contributed by atoms with Gasteiger partial charge in [0.25, 0.3) is 0 Å². The molecule has 0 spiro atoms. The number of carbonyl (C=O) groups is 3. The van der Waals surface area contributed by atoms with Gasteiger partial charge in [-0.05, 0) is 28.7 Å². The molecule has 0 radical (unpaired) electrons. The fourth-order valence-corrected chi connectivity index (χ4v) is 4.12. The van der Waals surface area contributed by atoms with Crippen molar-refractivity contribution in [3.63, 3.8) is 0 Å². The smallest absolute Gasteiger partial charge is 0.407 e. The number of hydrogen-bond acceptors (Lipinski definition) is 7. The fourth-order valence-electron chi connectivity index (χ4n) is 4.12. The van der Waals surface area contributed by atoms with Gasteiger partial charge in [-0.25, -0.2) is 4.79 Å². The minimum atomic E-state index is -1.08. The van der Waals surface area contributed by atoms with Crippen LogP contribution in [-0.2, 0) is 20.9 Å². The molecule has 1 aliphatic carbocycles. The van der Waals surface area contributed by atoms with Crippen LogP contribution in [0.1, 0.15) is 35.8 Å². The Morgan fingerprint density at radius 1 is 1.12 bits per heavy atom. The molecule has 0 bridgehead atoms. The zero-order valence-electron chi connectivity index (χ0n) is 18.5. The number of benzene rings is 2. The van der Waals surface area contributed by atoms with Crippen LogP contribution < -0.4 is 5.32 Å². The first kappa shape index (κ1) is 23.0. The Morgan fingerprint density at radius 3 is 2.35 bits per heavy atom. The number of alkyl carbamates (subject to hydrolysis) is 1. The molecule has 0 aliphatic heterocycles. The zero-order chi connectivity index (χ0) is 24.1. The second kappa shape index (κ2) is 10.2. The van der Waals surface area contributed by atoms with Gasteiger partial charge in [-0.1, -0.05) is 53.7 Å². The Balaban J connectivity index is 1.41. The number of carbonyl (C=O) groups excluding carboxylic acids is 2. The molecule has 2 N–H and O–H groups in total. The Bertz CT molecular complexity index is 1130. The number of nitrogens with one attached hydrogen (secondary N) is 1. The van der Waals surface area contributed by atoms with Gasteiger partial charge in [-0.3, -0.25) is 9.59 Å². The number of amides is 2. The molecule has 10 nitrogen and oxygen atoms in total. The molecule has 2 amide bonds. The van der Waals surface area contributed by atoms with E-state index in [1.54, 1.807) is 0 Å². The SMILES string of the molecule is CN(Cc1ncno1)C(=O)C(CCC(=O)O)NC(=O)OCC1c2ccccc2-c2ccccc21. The Morgan fingerprint density at radius 2 is 1.76 bits per heavy atom. The van der Waals surface area contributed by atoms with Crippen LogP contribution in [0.15, 0.2) is 59.4 Å². The molecule has 1 aromatic heterocycles. The highest BCUT2D eigenvalue weighted by Gasteiger charge is 2.30. The summed E-state index contributed by atoms with van der Waals surface area (Å²) >= 11 is 0. The van der Waals surface area contributed by atoms with Gasteiger partial charge in [-0.15, -0.1) is 0 Å². The number of hydrogen-bond donors (Lipinski definition) is 2. The van der Waals surface area contributed by atoms with E-state index >= 15 is 0 Å². The molecular weight excluding hydrogens is 440 g/mol. The Hall–Kier alpha value is -4.21. The number of rotatable bonds is 9. The van der Waals surface area contributed by atoms with Crippen molar-refractivity contribution in [3.05, 3.63) is 71.9 Å². The van der Waals surface area contributed by atoms with Crippen molar-refractivity contribution in [1.82, 2.24) is 20.4 Å². The number of nitrogens with zero attached hydrogens (tertiary/aromatic N) is 3. The molecule has 0 saturated heterocycles. The molecule has 10 heteroatoms. The van der Waals surface area contributed by atoms with E-state index in [2.05, 4.69) is 15.5 Å². The molecule has 1 unspecified atom stereocenters. The second-order valence-corrected chi connectivity index (χ2v) is 7.98. The van der Waals surface area contributed by atoms with Gasteiger partial charge >= 0.3 is 12.1 Å². The maximum Gasteiger partial charge on any atom is 0.407 e. The Labute approximate surface area is 195 Å². The molecule has 0 saturated carbocycles. The van der Waals surface area contributed by atoms with E-state index in [1.807, 2.05) is 48.5 Å². The van der Waals surface area contributed by atoms with Crippen molar-refractivity contribution in [2.45, 2.75) is 31.3 Å². The average molecular weight is 464 g/mol. The maximum absolute atomic E-state index is 12.9. The summed E-state index contributed by atoms with van der Waals surface area (Å²) in [6, 6.07) is 14.8. The molecule has 176 valence electrons. The van der Waals surface area contributed by atoms with Gasteiger partial charge in [0.2, 0.25) is 11.8 Å². The summed E-state index contributed by atoms with van der Waals surface area (Å²) in [5.74, 6) is -1.49. The van der Waals surface area contributed by atoms with E-state index in [0.29, 0.717) is 0 Å². The molecule has 2 aromatic carbocycles. The topological polar surface area (TPSA) is 135 Å². The van der Waals surface area contributed by atoms with Crippen molar-refractivity contribution < 1.29 is 28.8 Å². The van der Waals surface area contributed by atoms with E-state index in [0.717, 1.165) is 22.3 Å². The molecule has 1 aliphatic rings. The van der Waals surface area contributed by atoms with E-state index in [4.69, 9.17) is 14.4 Å². The van der Waals surface area contributed by atoms with Crippen LogP contribution in [0.3, 0.4) is 0 Å². The fraction of sp³-hybridized carbons (Fsp3) is 0.292. The summed E-state index contributed by atoms with van der Waals surface area (Å²) < 4.78 is 10.4. The summed E-state index contributed by atoms with van der Waals surface area (Å²) in [7, 11) is 1.50. The number of fused-ring (bicyclic) bond motifs is 3. The molecular formula is C24H24N4O6. The van der Waals surface area contributed by atoms with Gasteiger partial charge in [0.1, 0.15) is 12.6 Å². The number of likely N-dealkylation sites (N-methyl/N-ethyl adjacent to an activating group) is 1. The summed E-state index contributed by atoms with van der Waals surface area (Å²) in [4.78, 5) is 41.7. The van der Waals surface area contributed by atoms with Crippen molar-refractivity contribution >= 4 is 18.0 Å². The molecule has 34 heavy (non-hydrogen) atoms. The maximum atomic E-state index is 12.9. The molecule has 1 heterocycles. The van der Waals surface area contributed by atoms with E-state index in [1.165, 1.54) is 18.3 Å². The number of aromatic nitrogens is 2. The van der Waals surface area contributed by atoms with Crippen LogP contribution in [-0.4, -0.2) is 57.8 Å². The lowest BCUT2D eigenvalue weighted by molar-refractivity contribution is -0.138. The highest BCUT2D eigenvalue weighted by atomic mass is 16.5. The molecule has 0 fully saturated rings. The van der Waals surface area contributed by atoms with Gasteiger partial charge in [0.05, 0.1) is 6.54 Å². The number of carboxylic acid groups (broad SMARTS) is 1. The quantitative estimate of drug-likeness (QED) is 0.494. The minimum absolute atomic E-state index is 0.0226. The summed E-state index contributed by atoms with van der Waals surface area (Å²) in [6.07, 6.45) is 0.0303. The van der Waals surface area contributed by atoms with Gasteiger partial charge in [0, 0.05) is 19.4 Å². The van der Waals surface area contributed by atoms with Crippen LogP contribution in [0, 0.1) is 0 Å². The molecule has 3 aromatic rings. The monoisotopic (exact) mass is 464 g/mol. The predicted octanol–water partition coefficient (Wildman–Crippen LogP) is 2.80. The summed E-state index contributed by atoms with van der Waals surface area (Å²) in [5.41, 5.74) is 4.33. The van der Waals surface area contributed by atoms with Crippen molar-refractivity contribution in [1.29, 1.82) is 0 Å². The minimum Gasteiger partial charge on any atom is -0.481 e. The number of carboxylic acids is 1. The van der Waals surface area contributed by atoms with Crippen LogP contribution >= 0.6 is 0 Å². The number of aliphatic carboxylic acids is 1.